The van der Waals surface area contributed by atoms with Gasteiger partial charge in [0.05, 0.1) is 6.54 Å². The van der Waals surface area contributed by atoms with E-state index in [1.807, 2.05) is 0 Å². The molecular formula is C3H6N5S. The largest absolute Gasteiger partial charge is 0.329 e. The molecule has 0 unspecified atom stereocenters. The van der Waals surface area contributed by atoms with Crippen LogP contribution in [0.25, 0.3) is 0 Å². The van der Waals surface area contributed by atoms with Crippen LogP contribution in [0.1, 0.15) is 0 Å². The molecule has 0 bridgehead atoms. The van der Waals surface area contributed by atoms with Gasteiger partial charge in [-0.25, -0.2) is 4.68 Å². The molecule has 1 rings (SSSR count). The van der Waals surface area contributed by atoms with E-state index < -0.39 is 0 Å². The summed E-state index contributed by atoms with van der Waals surface area (Å²) in [6.07, 6.45) is 0. The van der Waals surface area contributed by atoms with Crippen molar-refractivity contribution < 1.29 is 0 Å². The Bertz CT molecular complexity index is 184. The number of tetrazole rings is 1. The van der Waals surface area contributed by atoms with Crippen LogP contribution < -0.4 is 5.73 Å². The van der Waals surface area contributed by atoms with Gasteiger partial charge in [0.1, 0.15) is 0 Å². The number of aromatic nitrogens is 4. The molecule has 1 heterocycles. The summed E-state index contributed by atoms with van der Waals surface area (Å²) in [7, 11) is 0. The highest BCUT2D eigenvalue weighted by atomic mass is 32.1. The molecule has 0 aliphatic carbocycles. The van der Waals surface area contributed by atoms with Gasteiger partial charge in [-0.2, -0.15) is 0 Å². The molecule has 0 atom stereocenters. The van der Waals surface area contributed by atoms with Crippen molar-refractivity contribution in [1.29, 1.82) is 0 Å². The van der Waals surface area contributed by atoms with E-state index in [1.54, 1.807) is 0 Å². The van der Waals surface area contributed by atoms with E-state index in [1.165, 1.54) is 4.68 Å². The van der Waals surface area contributed by atoms with E-state index in [4.69, 9.17) is 18.4 Å². The van der Waals surface area contributed by atoms with Crippen molar-refractivity contribution >= 4 is 12.6 Å². The zero-order valence-corrected chi connectivity index (χ0v) is 5.51. The Kier molecular flexibility index (Phi) is 1.91. The van der Waals surface area contributed by atoms with Crippen LogP contribution in [0.5, 0.6) is 0 Å². The number of rotatable bonds is 2. The zero-order valence-electron chi connectivity index (χ0n) is 4.69. The quantitative estimate of drug-likeness (QED) is 0.589. The van der Waals surface area contributed by atoms with Crippen LogP contribution in [0.15, 0.2) is 5.16 Å². The van der Waals surface area contributed by atoms with Crippen LogP contribution in [0.4, 0.5) is 0 Å². The fraction of sp³-hybridized carbons (Fsp3) is 0.667. The molecule has 0 aromatic carbocycles. The SMILES string of the molecule is NCCn1nnnc1[S]. The van der Waals surface area contributed by atoms with E-state index in [0.717, 1.165) is 0 Å². The van der Waals surface area contributed by atoms with Crippen LogP contribution in [-0.2, 0) is 6.54 Å². The summed E-state index contributed by atoms with van der Waals surface area (Å²) in [5.74, 6) is 0. The van der Waals surface area contributed by atoms with Crippen LogP contribution in [0.2, 0.25) is 0 Å². The second kappa shape index (κ2) is 2.70. The van der Waals surface area contributed by atoms with Crippen molar-refractivity contribution in [2.24, 2.45) is 5.73 Å². The molecule has 0 saturated heterocycles. The highest BCUT2D eigenvalue weighted by Gasteiger charge is 1.97. The van der Waals surface area contributed by atoms with Gasteiger partial charge in [0.15, 0.2) is 0 Å². The maximum atomic E-state index is 5.23. The van der Waals surface area contributed by atoms with Gasteiger partial charge in [-0.05, 0) is 23.1 Å². The molecule has 1 aromatic heterocycles. The lowest BCUT2D eigenvalue weighted by atomic mass is 10.7. The van der Waals surface area contributed by atoms with Gasteiger partial charge in [-0.1, -0.05) is 5.10 Å². The molecule has 0 amide bonds. The second-order valence-corrected chi connectivity index (χ2v) is 1.84. The maximum Gasteiger partial charge on any atom is 0.240 e. The van der Waals surface area contributed by atoms with E-state index in [9.17, 15) is 0 Å². The lowest BCUT2D eigenvalue weighted by Crippen LogP contribution is -2.11. The van der Waals surface area contributed by atoms with Gasteiger partial charge in [0.2, 0.25) is 5.16 Å². The third-order valence-corrected chi connectivity index (χ3v) is 1.13. The van der Waals surface area contributed by atoms with E-state index in [2.05, 4.69) is 15.5 Å². The number of nitrogens with zero attached hydrogens (tertiary/aromatic N) is 4. The minimum Gasteiger partial charge on any atom is -0.329 e. The summed E-state index contributed by atoms with van der Waals surface area (Å²) in [6.45, 7) is 1.10. The summed E-state index contributed by atoms with van der Waals surface area (Å²) in [5, 5.41) is 10.8. The first-order valence-electron chi connectivity index (χ1n) is 2.48. The van der Waals surface area contributed by atoms with Crippen LogP contribution in [0.3, 0.4) is 0 Å². The lowest BCUT2D eigenvalue weighted by Gasteiger charge is -1.92. The number of hydrogen-bond acceptors (Lipinski definition) is 4. The summed E-state index contributed by atoms with van der Waals surface area (Å²) >= 11 is 4.72. The Morgan fingerprint density at radius 1 is 1.67 bits per heavy atom. The molecule has 0 saturated carbocycles. The summed E-state index contributed by atoms with van der Waals surface area (Å²) in [5.41, 5.74) is 5.23. The molecule has 0 aliphatic rings. The summed E-state index contributed by atoms with van der Waals surface area (Å²) in [4.78, 5) is 0. The molecule has 49 valence electrons. The topological polar surface area (TPSA) is 69.6 Å². The average molecular weight is 144 g/mol. The zero-order chi connectivity index (χ0) is 6.69. The van der Waals surface area contributed by atoms with Crippen molar-refractivity contribution in [3.05, 3.63) is 0 Å². The first-order chi connectivity index (χ1) is 4.34. The predicted molar refractivity (Wildman–Crippen MR) is 32.7 cm³/mol. The molecule has 2 N–H and O–H groups in total. The molecule has 1 aromatic rings. The predicted octanol–water partition coefficient (Wildman–Crippen LogP) is -0.812. The van der Waals surface area contributed by atoms with Crippen molar-refractivity contribution in [3.8, 4) is 0 Å². The van der Waals surface area contributed by atoms with Gasteiger partial charge >= 0.3 is 0 Å². The van der Waals surface area contributed by atoms with E-state index in [0.29, 0.717) is 18.2 Å². The Labute approximate surface area is 57.6 Å². The number of hydrogen-bond donors (Lipinski definition) is 1. The Morgan fingerprint density at radius 2 is 2.44 bits per heavy atom. The Morgan fingerprint density at radius 3 is 2.89 bits per heavy atom. The van der Waals surface area contributed by atoms with Gasteiger partial charge in [-0.15, -0.1) is 0 Å². The van der Waals surface area contributed by atoms with Crippen molar-refractivity contribution in [2.45, 2.75) is 11.7 Å². The van der Waals surface area contributed by atoms with Crippen LogP contribution in [-0.4, -0.2) is 26.8 Å². The standard InChI is InChI=1S/C3H6N5S/c4-1-2-8-3(9)5-6-7-8/h1-2,4H2. The fourth-order valence-electron chi connectivity index (χ4n) is 0.459. The van der Waals surface area contributed by atoms with Crippen molar-refractivity contribution in [3.63, 3.8) is 0 Å². The Hall–Kier alpha value is -0.750. The molecule has 5 nitrogen and oxygen atoms in total. The molecule has 0 fully saturated rings. The maximum absolute atomic E-state index is 5.23. The molecule has 6 heteroatoms. The molecular weight excluding hydrogens is 138 g/mol. The smallest absolute Gasteiger partial charge is 0.240 e. The van der Waals surface area contributed by atoms with Gasteiger partial charge in [-0.3, -0.25) is 0 Å². The molecule has 0 aliphatic heterocycles. The first-order valence-corrected chi connectivity index (χ1v) is 2.88. The highest BCUT2D eigenvalue weighted by Crippen LogP contribution is 1.94. The fourth-order valence-corrected chi connectivity index (χ4v) is 0.623. The third kappa shape index (κ3) is 1.33. The number of nitrogens with two attached hydrogens (primary N) is 1. The second-order valence-electron chi connectivity index (χ2n) is 1.47. The van der Waals surface area contributed by atoms with Gasteiger partial charge in [0.25, 0.3) is 0 Å². The van der Waals surface area contributed by atoms with E-state index >= 15 is 0 Å². The highest BCUT2D eigenvalue weighted by molar-refractivity contribution is 7.80. The average Bonchev–Trinajstić information content (AvgIpc) is 2.18. The monoisotopic (exact) mass is 144 g/mol. The van der Waals surface area contributed by atoms with Crippen molar-refractivity contribution in [1.82, 2.24) is 20.2 Å². The molecule has 1 radical (unpaired) electrons. The van der Waals surface area contributed by atoms with Crippen LogP contribution in [0, 0.1) is 0 Å². The lowest BCUT2D eigenvalue weighted by molar-refractivity contribution is 0.558. The Balaban J connectivity index is 2.69. The minimum absolute atomic E-state index is 0.389. The van der Waals surface area contributed by atoms with Gasteiger partial charge < -0.3 is 5.73 Å². The normalized spacial score (nSPS) is 9.89. The summed E-state index contributed by atoms with van der Waals surface area (Å²) < 4.78 is 1.48. The molecule has 9 heavy (non-hydrogen) atoms. The minimum atomic E-state index is 0.389. The van der Waals surface area contributed by atoms with Gasteiger partial charge in [0, 0.05) is 6.54 Å². The van der Waals surface area contributed by atoms with Crippen LogP contribution >= 0.6 is 12.6 Å². The molecule has 0 spiro atoms. The first kappa shape index (κ1) is 6.37. The van der Waals surface area contributed by atoms with Crippen molar-refractivity contribution in [2.75, 3.05) is 6.54 Å². The summed E-state index contributed by atoms with van der Waals surface area (Å²) in [6, 6.07) is 0. The van der Waals surface area contributed by atoms with E-state index in [-0.39, 0.29) is 0 Å². The third-order valence-electron chi connectivity index (χ3n) is 0.840.